The van der Waals surface area contributed by atoms with Crippen molar-refractivity contribution in [1.29, 1.82) is 0 Å². The summed E-state index contributed by atoms with van der Waals surface area (Å²) < 4.78 is 0. The van der Waals surface area contributed by atoms with Gasteiger partial charge in [0.25, 0.3) is 0 Å². The predicted molar refractivity (Wildman–Crippen MR) is 223 cm³/mol. The average molecular weight is 837 g/mol. The number of hydrogen-bond donors (Lipinski definition) is 8. The summed E-state index contributed by atoms with van der Waals surface area (Å²) in [5, 5.41) is 48.0. The Morgan fingerprint density at radius 1 is 0.707 bits per heavy atom. The van der Waals surface area contributed by atoms with E-state index >= 15 is 0 Å². The highest BCUT2D eigenvalue weighted by Crippen LogP contribution is 2.15. The zero-order valence-electron chi connectivity index (χ0n) is 34.1. The second kappa shape index (κ2) is 27.3. The number of unbranched alkanes of at least 4 members (excludes halogenated alkanes) is 4. The highest BCUT2D eigenvalue weighted by molar-refractivity contribution is 7.80. The Kier molecular flexibility index (Phi) is 23.4. The summed E-state index contributed by atoms with van der Waals surface area (Å²) >= 11 is 5.50. The molecule has 1 aliphatic heterocycles. The Labute approximate surface area is 346 Å². The third-order valence-electron chi connectivity index (χ3n) is 10.1. The molecule has 326 valence electrons. The van der Waals surface area contributed by atoms with Crippen LogP contribution in [0.2, 0.25) is 0 Å². The lowest BCUT2D eigenvalue weighted by molar-refractivity contribution is -0.141. The molecule has 2 rings (SSSR count). The number of rotatable bonds is 23. The Morgan fingerprint density at radius 3 is 1.90 bits per heavy atom. The molecule has 0 spiro atoms. The molecule has 58 heavy (non-hydrogen) atoms. The quantitative estimate of drug-likeness (QED) is 0.0579. The third kappa shape index (κ3) is 21.9. The lowest BCUT2D eigenvalue weighted by Gasteiger charge is -2.35. The van der Waals surface area contributed by atoms with E-state index < -0.39 is 48.4 Å². The van der Waals surface area contributed by atoms with Crippen LogP contribution in [0, 0.1) is 0 Å². The van der Waals surface area contributed by atoms with Gasteiger partial charge in [-0.1, -0.05) is 31.4 Å². The molecule has 8 N–H and O–H groups in total. The number of nitrogens with zero attached hydrogens (tertiary/aromatic N) is 4. The highest BCUT2D eigenvalue weighted by atomic mass is 32.1. The lowest BCUT2D eigenvalue weighted by Crippen LogP contribution is -2.51. The summed E-state index contributed by atoms with van der Waals surface area (Å²) in [6.45, 7) is 6.49. The largest absolute Gasteiger partial charge is 0.481 e. The number of thiocarbonyl (C=S) groups is 1. The van der Waals surface area contributed by atoms with Gasteiger partial charge >= 0.3 is 29.9 Å². The minimum Gasteiger partial charge on any atom is -0.481 e. The maximum Gasteiger partial charge on any atom is 0.326 e. The number of carboxylic acid groups (broad SMARTS) is 4. The molecule has 18 nitrogen and oxygen atoms in total. The minimum absolute atomic E-state index is 0.0405. The van der Waals surface area contributed by atoms with Gasteiger partial charge in [-0.25, -0.2) is 14.4 Å². The maximum absolute atomic E-state index is 12.4. The Balaban J connectivity index is 1.67. The SMILES string of the molecule is CN1CCN(C)C[C@@H](Cc2ccc(NC(=S)NCCCCCCCC(=O)CC[C@H](NC(=O)N[C@@H](CCC(=O)O)C(=O)O)C(=O)O)cc2)N(C)CCN(CC(=O)O)CC1. The van der Waals surface area contributed by atoms with E-state index in [1.807, 2.05) is 17.0 Å². The van der Waals surface area contributed by atoms with Crippen molar-refractivity contribution in [2.75, 3.05) is 85.4 Å². The van der Waals surface area contributed by atoms with Crippen LogP contribution in [-0.4, -0.2) is 179 Å². The van der Waals surface area contributed by atoms with E-state index in [2.05, 4.69) is 69.2 Å². The van der Waals surface area contributed by atoms with Crippen LogP contribution in [-0.2, 0) is 30.4 Å². The standard InChI is InChI=1S/C39H64N8O10S/c1-44-19-20-45(2)26-30(46(3)22-24-47(23-21-44)27-35(51)52)25-28-10-12-29(13-11-28)41-39(58)40-18-8-6-4-5-7-9-31(48)14-15-32(36(53)54)42-38(57)43-33(37(55)56)16-17-34(49)50/h10-13,30,32-33H,4-9,14-27H2,1-3H3,(H,49,50)(H,51,52)(H,53,54)(H,55,56)(H2,40,41,58)(H2,42,43,57)/t30-,32+,33+/m1/s1. The van der Waals surface area contributed by atoms with Gasteiger partial charge in [0, 0.05) is 83.3 Å². The van der Waals surface area contributed by atoms with Crippen LogP contribution in [0.5, 0.6) is 0 Å². The second-order valence-corrected chi connectivity index (χ2v) is 15.5. The summed E-state index contributed by atoms with van der Waals surface area (Å²) in [6, 6.07) is 4.53. The first-order valence-electron chi connectivity index (χ1n) is 19.9. The fourth-order valence-electron chi connectivity index (χ4n) is 6.44. The van der Waals surface area contributed by atoms with E-state index in [9.17, 15) is 44.1 Å². The summed E-state index contributed by atoms with van der Waals surface area (Å²) in [4.78, 5) is 78.5. The van der Waals surface area contributed by atoms with Crippen molar-refractivity contribution >= 4 is 58.7 Å². The normalized spacial score (nSPS) is 17.5. The van der Waals surface area contributed by atoms with Crippen LogP contribution in [0.25, 0.3) is 0 Å². The molecule has 0 saturated carbocycles. The van der Waals surface area contributed by atoms with Gasteiger partial charge in [0.15, 0.2) is 5.11 Å². The van der Waals surface area contributed by atoms with Crippen LogP contribution in [0.3, 0.4) is 0 Å². The average Bonchev–Trinajstić information content (AvgIpc) is 3.15. The van der Waals surface area contributed by atoms with E-state index in [4.69, 9.17) is 17.3 Å². The molecule has 0 aromatic heterocycles. The Hall–Kier alpha value is -4.43. The smallest absolute Gasteiger partial charge is 0.326 e. The number of hydrogen-bond acceptors (Lipinski definition) is 11. The first-order chi connectivity index (χ1) is 27.5. The molecule has 1 aromatic carbocycles. The van der Waals surface area contributed by atoms with Crippen molar-refractivity contribution < 1.29 is 49.2 Å². The van der Waals surface area contributed by atoms with Gasteiger partial charge in [-0.15, -0.1) is 0 Å². The molecule has 2 amide bonds. The van der Waals surface area contributed by atoms with Crippen LogP contribution < -0.4 is 21.3 Å². The van der Waals surface area contributed by atoms with Gasteiger partial charge in [-0.3, -0.25) is 19.3 Å². The van der Waals surface area contributed by atoms with E-state index in [0.717, 1.165) is 77.1 Å². The molecule has 0 radical (unpaired) electrons. The van der Waals surface area contributed by atoms with Gasteiger partial charge in [-0.05, 0) is 83.2 Å². The number of carbonyl (C=O) groups excluding carboxylic acids is 2. The maximum atomic E-state index is 12.4. The summed E-state index contributed by atoms with van der Waals surface area (Å²) in [5.41, 5.74) is 2.09. The number of Topliss-reactive ketones (excluding diaryl/α,β-unsaturated/α-hetero) is 1. The van der Waals surface area contributed by atoms with Crippen LogP contribution >= 0.6 is 12.2 Å². The molecule has 1 aromatic rings. The number of urea groups is 1. The number of anilines is 1. The lowest BCUT2D eigenvalue weighted by atomic mass is 10.0. The first kappa shape index (κ1) is 49.7. The van der Waals surface area contributed by atoms with Crippen molar-refractivity contribution in [3.63, 3.8) is 0 Å². The second-order valence-electron chi connectivity index (χ2n) is 15.1. The van der Waals surface area contributed by atoms with Crippen molar-refractivity contribution in [2.24, 2.45) is 0 Å². The summed E-state index contributed by atoms with van der Waals surface area (Å²) in [6.07, 6.45) is 4.23. The number of ketones is 1. The minimum atomic E-state index is -1.50. The van der Waals surface area contributed by atoms with Gasteiger partial charge in [0.1, 0.15) is 17.9 Å². The highest BCUT2D eigenvalue weighted by Gasteiger charge is 2.26. The number of carbonyl (C=O) groups is 6. The van der Waals surface area contributed by atoms with Crippen molar-refractivity contribution in [1.82, 2.24) is 35.6 Å². The van der Waals surface area contributed by atoms with Crippen molar-refractivity contribution in [2.45, 2.75) is 88.8 Å². The number of aliphatic carboxylic acids is 4. The fourth-order valence-corrected chi connectivity index (χ4v) is 6.66. The number of nitrogens with one attached hydrogen (secondary N) is 4. The van der Waals surface area contributed by atoms with Crippen LogP contribution in [0.4, 0.5) is 10.5 Å². The molecule has 3 atom stereocenters. The monoisotopic (exact) mass is 836 g/mol. The molecular weight excluding hydrogens is 773 g/mol. The van der Waals surface area contributed by atoms with E-state index in [0.29, 0.717) is 24.6 Å². The molecule has 1 saturated heterocycles. The van der Waals surface area contributed by atoms with Gasteiger partial charge in [-0.2, -0.15) is 0 Å². The zero-order valence-corrected chi connectivity index (χ0v) is 34.9. The van der Waals surface area contributed by atoms with E-state index in [-0.39, 0.29) is 44.1 Å². The number of amides is 2. The number of benzene rings is 1. The van der Waals surface area contributed by atoms with E-state index in [1.165, 1.54) is 5.56 Å². The van der Waals surface area contributed by atoms with Crippen molar-refractivity contribution in [3.05, 3.63) is 29.8 Å². The number of carboxylic acids is 4. The topological polar surface area (TPSA) is 244 Å². The van der Waals surface area contributed by atoms with E-state index in [1.54, 1.807) is 0 Å². The molecule has 0 bridgehead atoms. The Bertz CT molecular complexity index is 1490. The zero-order chi connectivity index (χ0) is 43.0. The Morgan fingerprint density at radius 2 is 1.28 bits per heavy atom. The van der Waals surface area contributed by atoms with Crippen LogP contribution in [0.15, 0.2) is 24.3 Å². The fraction of sp³-hybridized carbons (Fsp3) is 0.667. The third-order valence-corrected chi connectivity index (χ3v) is 10.3. The van der Waals surface area contributed by atoms with Gasteiger partial charge in [0.05, 0.1) is 6.54 Å². The molecule has 1 fully saturated rings. The van der Waals surface area contributed by atoms with Gasteiger partial charge < -0.3 is 56.4 Å². The summed E-state index contributed by atoms with van der Waals surface area (Å²) in [7, 11) is 6.35. The molecule has 1 heterocycles. The number of likely N-dealkylation sites (N-methyl/N-ethyl adjacent to an activating group) is 3. The summed E-state index contributed by atoms with van der Waals surface area (Å²) in [5.74, 6) is -5.01. The molecule has 0 aliphatic carbocycles. The molecule has 1 aliphatic rings. The van der Waals surface area contributed by atoms with Gasteiger partial charge in [0.2, 0.25) is 0 Å². The van der Waals surface area contributed by atoms with Crippen LogP contribution in [0.1, 0.15) is 69.8 Å². The van der Waals surface area contributed by atoms with Crippen molar-refractivity contribution in [3.8, 4) is 0 Å². The molecule has 0 unspecified atom stereocenters. The molecular formula is C39H64N8O10S. The first-order valence-corrected chi connectivity index (χ1v) is 20.3. The predicted octanol–water partition coefficient (Wildman–Crippen LogP) is 1.84. The molecule has 19 heteroatoms.